The van der Waals surface area contributed by atoms with Gasteiger partial charge in [0.15, 0.2) is 0 Å². The molecule has 0 saturated carbocycles. The van der Waals surface area contributed by atoms with Gasteiger partial charge in [-0.3, -0.25) is 0 Å². The standard InChI is InChI=1S/C21H23N3O2/c1-16(24-13-20(25)14-26-21-5-3-2-4-6-21)17-7-9-18(10-8-17)19-11-22-15-23-12-19/h2-12,15-16,20,24-25H,13-14H2,1H3. The molecule has 5 heteroatoms. The van der Waals surface area contributed by atoms with Crippen LogP contribution < -0.4 is 10.1 Å². The number of aliphatic hydroxyl groups is 1. The summed E-state index contributed by atoms with van der Waals surface area (Å²) in [6, 6.07) is 17.9. The van der Waals surface area contributed by atoms with E-state index in [1.54, 1.807) is 12.4 Å². The van der Waals surface area contributed by atoms with Gasteiger partial charge in [0, 0.05) is 30.5 Å². The number of para-hydroxylation sites is 1. The summed E-state index contributed by atoms with van der Waals surface area (Å²) in [5, 5.41) is 13.4. The summed E-state index contributed by atoms with van der Waals surface area (Å²) in [5.41, 5.74) is 3.23. The van der Waals surface area contributed by atoms with Crippen LogP contribution in [-0.4, -0.2) is 34.3 Å². The zero-order valence-corrected chi connectivity index (χ0v) is 14.7. The maximum absolute atomic E-state index is 10.1. The molecule has 2 unspecified atom stereocenters. The van der Waals surface area contributed by atoms with Gasteiger partial charge in [-0.05, 0) is 30.2 Å². The van der Waals surface area contributed by atoms with Crippen LogP contribution in [0.1, 0.15) is 18.5 Å². The van der Waals surface area contributed by atoms with Gasteiger partial charge in [0.05, 0.1) is 0 Å². The van der Waals surface area contributed by atoms with Crippen LogP contribution in [0.15, 0.2) is 73.3 Å². The van der Waals surface area contributed by atoms with E-state index < -0.39 is 6.10 Å². The summed E-state index contributed by atoms with van der Waals surface area (Å²) in [4.78, 5) is 8.09. The predicted octanol–water partition coefficient (Wildman–Crippen LogP) is 3.23. The molecule has 3 rings (SSSR count). The molecule has 1 aromatic heterocycles. The van der Waals surface area contributed by atoms with Crippen LogP contribution in [0.3, 0.4) is 0 Å². The molecule has 0 spiro atoms. The average Bonchev–Trinajstić information content (AvgIpc) is 2.72. The summed E-state index contributed by atoms with van der Waals surface area (Å²) in [7, 11) is 0. The van der Waals surface area contributed by atoms with Crippen molar-refractivity contribution in [3.8, 4) is 16.9 Å². The molecule has 3 aromatic rings. The van der Waals surface area contributed by atoms with E-state index in [1.165, 1.54) is 6.33 Å². The molecule has 2 N–H and O–H groups in total. The summed E-state index contributed by atoms with van der Waals surface area (Å²) in [6.07, 6.45) is 4.55. The van der Waals surface area contributed by atoms with Gasteiger partial charge in [-0.25, -0.2) is 9.97 Å². The zero-order chi connectivity index (χ0) is 18.2. The number of hydrogen-bond acceptors (Lipinski definition) is 5. The van der Waals surface area contributed by atoms with Crippen molar-refractivity contribution in [3.05, 3.63) is 78.9 Å². The van der Waals surface area contributed by atoms with Crippen molar-refractivity contribution < 1.29 is 9.84 Å². The summed E-state index contributed by atoms with van der Waals surface area (Å²) >= 11 is 0. The SMILES string of the molecule is CC(NCC(O)COc1ccccc1)c1ccc(-c2cncnc2)cc1. The Kier molecular flexibility index (Phi) is 6.30. The van der Waals surface area contributed by atoms with Crippen molar-refractivity contribution in [2.45, 2.75) is 19.1 Å². The number of ether oxygens (including phenoxy) is 1. The van der Waals surface area contributed by atoms with Crippen molar-refractivity contribution in [2.75, 3.05) is 13.2 Å². The molecule has 0 amide bonds. The maximum Gasteiger partial charge on any atom is 0.119 e. The third kappa shape index (κ3) is 5.12. The smallest absolute Gasteiger partial charge is 0.119 e. The van der Waals surface area contributed by atoms with Crippen LogP contribution in [-0.2, 0) is 0 Å². The number of rotatable bonds is 8. The first-order chi connectivity index (χ1) is 12.7. The van der Waals surface area contributed by atoms with Crippen molar-refractivity contribution >= 4 is 0 Å². The number of nitrogens with zero attached hydrogens (tertiary/aromatic N) is 2. The van der Waals surface area contributed by atoms with Crippen LogP contribution in [0.2, 0.25) is 0 Å². The molecule has 0 aliphatic heterocycles. The molecule has 0 radical (unpaired) electrons. The first kappa shape index (κ1) is 18.0. The highest BCUT2D eigenvalue weighted by Gasteiger charge is 2.10. The van der Waals surface area contributed by atoms with Gasteiger partial charge in [-0.2, -0.15) is 0 Å². The molecule has 5 nitrogen and oxygen atoms in total. The third-order valence-electron chi connectivity index (χ3n) is 4.15. The van der Waals surface area contributed by atoms with E-state index in [4.69, 9.17) is 4.74 Å². The highest BCUT2D eigenvalue weighted by molar-refractivity contribution is 5.61. The van der Waals surface area contributed by atoms with E-state index in [1.807, 2.05) is 30.3 Å². The Balaban J connectivity index is 1.47. The lowest BCUT2D eigenvalue weighted by molar-refractivity contribution is 0.104. The van der Waals surface area contributed by atoms with Crippen LogP contribution in [0, 0.1) is 0 Å². The van der Waals surface area contributed by atoms with E-state index in [9.17, 15) is 5.11 Å². The molecular formula is C21H23N3O2. The average molecular weight is 349 g/mol. The molecule has 2 aromatic carbocycles. The lowest BCUT2D eigenvalue weighted by atomic mass is 10.0. The second kappa shape index (κ2) is 9.08. The molecular weight excluding hydrogens is 326 g/mol. The molecule has 26 heavy (non-hydrogen) atoms. The second-order valence-electron chi connectivity index (χ2n) is 6.16. The normalized spacial score (nSPS) is 13.2. The van der Waals surface area contributed by atoms with Gasteiger partial charge in [-0.1, -0.05) is 42.5 Å². The van der Waals surface area contributed by atoms with E-state index in [-0.39, 0.29) is 12.6 Å². The Morgan fingerprint density at radius 1 is 0.962 bits per heavy atom. The minimum absolute atomic E-state index is 0.127. The van der Waals surface area contributed by atoms with Gasteiger partial charge < -0.3 is 15.2 Å². The predicted molar refractivity (Wildman–Crippen MR) is 102 cm³/mol. The first-order valence-electron chi connectivity index (χ1n) is 8.67. The molecule has 0 aliphatic carbocycles. The minimum atomic E-state index is -0.571. The largest absolute Gasteiger partial charge is 0.491 e. The fraction of sp³-hybridized carbons (Fsp3) is 0.238. The zero-order valence-electron chi connectivity index (χ0n) is 14.7. The molecule has 0 saturated heterocycles. The summed E-state index contributed by atoms with van der Waals surface area (Å²) in [5.74, 6) is 0.764. The molecule has 1 heterocycles. The van der Waals surface area contributed by atoms with E-state index in [0.717, 1.165) is 22.4 Å². The molecule has 0 aliphatic rings. The van der Waals surface area contributed by atoms with Crippen LogP contribution in [0.5, 0.6) is 5.75 Å². The number of aromatic nitrogens is 2. The fourth-order valence-corrected chi connectivity index (χ4v) is 2.61. The van der Waals surface area contributed by atoms with E-state index >= 15 is 0 Å². The van der Waals surface area contributed by atoms with E-state index in [2.05, 4.69) is 46.5 Å². The van der Waals surface area contributed by atoms with Crippen molar-refractivity contribution in [1.82, 2.24) is 15.3 Å². The number of benzene rings is 2. The van der Waals surface area contributed by atoms with Crippen molar-refractivity contribution in [3.63, 3.8) is 0 Å². The Hall–Kier alpha value is -2.76. The Morgan fingerprint density at radius 3 is 2.35 bits per heavy atom. The topological polar surface area (TPSA) is 67.3 Å². The summed E-state index contributed by atoms with van der Waals surface area (Å²) < 4.78 is 5.57. The summed E-state index contributed by atoms with van der Waals surface area (Å²) in [6.45, 7) is 2.80. The number of aliphatic hydroxyl groups excluding tert-OH is 1. The fourth-order valence-electron chi connectivity index (χ4n) is 2.61. The van der Waals surface area contributed by atoms with Gasteiger partial charge in [0.2, 0.25) is 0 Å². The Morgan fingerprint density at radius 2 is 1.65 bits per heavy atom. The lowest BCUT2D eigenvalue weighted by Crippen LogP contribution is -2.33. The lowest BCUT2D eigenvalue weighted by Gasteiger charge is -2.18. The van der Waals surface area contributed by atoms with Crippen LogP contribution in [0.4, 0.5) is 0 Å². The van der Waals surface area contributed by atoms with Crippen LogP contribution in [0.25, 0.3) is 11.1 Å². The third-order valence-corrected chi connectivity index (χ3v) is 4.15. The minimum Gasteiger partial charge on any atom is -0.491 e. The Bertz CT molecular complexity index is 779. The van der Waals surface area contributed by atoms with Gasteiger partial charge >= 0.3 is 0 Å². The first-order valence-corrected chi connectivity index (χ1v) is 8.67. The molecule has 134 valence electrons. The van der Waals surface area contributed by atoms with Crippen molar-refractivity contribution in [1.29, 1.82) is 0 Å². The molecule has 2 atom stereocenters. The van der Waals surface area contributed by atoms with E-state index in [0.29, 0.717) is 6.54 Å². The van der Waals surface area contributed by atoms with Crippen molar-refractivity contribution in [2.24, 2.45) is 0 Å². The van der Waals surface area contributed by atoms with Crippen LogP contribution >= 0.6 is 0 Å². The van der Waals surface area contributed by atoms with Gasteiger partial charge in [0.25, 0.3) is 0 Å². The van der Waals surface area contributed by atoms with Gasteiger partial charge in [-0.15, -0.1) is 0 Å². The number of hydrogen-bond donors (Lipinski definition) is 2. The van der Waals surface area contributed by atoms with Gasteiger partial charge in [0.1, 0.15) is 24.8 Å². The highest BCUT2D eigenvalue weighted by atomic mass is 16.5. The molecule has 0 fully saturated rings. The quantitative estimate of drug-likeness (QED) is 0.653. The Labute approximate surface area is 153 Å². The highest BCUT2D eigenvalue weighted by Crippen LogP contribution is 2.20. The number of nitrogens with one attached hydrogen (secondary N) is 1. The monoisotopic (exact) mass is 349 g/mol. The maximum atomic E-state index is 10.1. The molecule has 0 bridgehead atoms. The second-order valence-corrected chi connectivity index (χ2v) is 6.16.